The number of piperidine rings is 1. The van der Waals surface area contributed by atoms with E-state index in [-0.39, 0.29) is 18.0 Å². The number of thiophene rings is 1. The van der Waals surface area contributed by atoms with Crippen LogP contribution in [0.1, 0.15) is 24.6 Å². The Bertz CT molecular complexity index is 1300. The van der Waals surface area contributed by atoms with Gasteiger partial charge in [-0.05, 0) is 38.8 Å². The molecule has 0 unspecified atom stereocenters. The number of aromatic nitrogens is 2. The first kappa shape index (κ1) is 25.4. The Hall–Kier alpha value is -3.73. The molecule has 0 atom stereocenters. The van der Waals surface area contributed by atoms with E-state index in [0.29, 0.717) is 37.1 Å². The maximum atomic E-state index is 13.8. The van der Waals surface area contributed by atoms with Gasteiger partial charge in [0.25, 0.3) is 0 Å². The van der Waals surface area contributed by atoms with Crippen molar-refractivity contribution < 1.29 is 18.7 Å². The molecule has 2 aromatic heterocycles. The standard InChI is InChI=1S/C25H29FN6O3S/c1-4-35-25(33)32-9-7-17(8-10-32)28-13-18(12-27)30-24-29-14-21-23(31-24)22(15(2)36-21)19-6-5-16(26)11-20(19)34-3/h5-6,11-14,17H,4,7-10,27H2,1-3H3,(H,29,30,31). The van der Waals surface area contributed by atoms with Crippen LogP contribution in [0.25, 0.3) is 21.3 Å². The maximum Gasteiger partial charge on any atom is 0.409 e. The smallest absolute Gasteiger partial charge is 0.409 e. The molecule has 0 saturated carbocycles. The topological polar surface area (TPSA) is 115 Å². The van der Waals surface area contributed by atoms with Crippen molar-refractivity contribution in [2.75, 3.05) is 32.1 Å². The van der Waals surface area contributed by atoms with Crippen molar-refractivity contribution in [1.29, 1.82) is 0 Å². The summed E-state index contributed by atoms with van der Waals surface area (Å²) in [5.41, 5.74) is 8.75. The molecule has 0 spiro atoms. The zero-order valence-electron chi connectivity index (χ0n) is 20.5. The fourth-order valence-electron chi connectivity index (χ4n) is 4.10. The number of anilines is 1. The molecule has 9 nitrogen and oxygen atoms in total. The highest BCUT2D eigenvalue weighted by atomic mass is 32.1. The monoisotopic (exact) mass is 512 g/mol. The Labute approximate surface area is 212 Å². The maximum absolute atomic E-state index is 13.8. The highest BCUT2D eigenvalue weighted by Gasteiger charge is 2.23. The van der Waals surface area contributed by atoms with Gasteiger partial charge in [0.1, 0.15) is 11.6 Å². The first-order chi connectivity index (χ1) is 17.4. The number of hydrogen-bond donors (Lipinski definition) is 2. The van der Waals surface area contributed by atoms with Crippen LogP contribution in [0.15, 0.2) is 41.3 Å². The van der Waals surface area contributed by atoms with Crippen LogP contribution in [-0.2, 0) is 4.74 Å². The van der Waals surface area contributed by atoms with Crippen LogP contribution in [0.2, 0.25) is 0 Å². The molecule has 0 aliphatic carbocycles. The van der Waals surface area contributed by atoms with Crippen molar-refractivity contribution >= 4 is 39.8 Å². The van der Waals surface area contributed by atoms with E-state index in [9.17, 15) is 9.18 Å². The average molecular weight is 513 g/mol. The van der Waals surface area contributed by atoms with E-state index in [1.807, 2.05) is 6.92 Å². The minimum Gasteiger partial charge on any atom is -0.496 e. The number of ether oxygens (including phenoxy) is 2. The number of amides is 1. The number of nitrogens with two attached hydrogens (primary N) is 1. The Morgan fingerprint density at radius 2 is 2.17 bits per heavy atom. The van der Waals surface area contributed by atoms with Crippen LogP contribution >= 0.6 is 11.3 Å². The second-order valence-electron chi connectivity index (χ2n) is 8.23. The Balaban J connectivity index is 1.50. The van der Waals surface area contributed by atoms with Gasteiger partial charge in [0.05, 0.1) is 41.9 Å². The Morgan fingerprint density at radius 3 is 2.86 bits per heavy atom. The summed E-state index contributed by atoms with van der Waals surface area (Å²) in [7, 11) is 1.52. The lowest BCUT2D eigenvalue weighted by Gasteiger charge is -2.29. The van der Waals surface area contributed by atoms with Gasteiger partial charge in [-0.3, -0.25) is 4.99 Å². The van der Waals surface area contributed by atoms with Gasteiger partial charge in [0.2, 0.25) is 5.95 Å². The second kappa shape index (κ2) is 11.3. The highest BCUT2D eigenvalue weighted by molar-refractivity contribution is 7.19. The number of fused-ring (bicyclic) bond motifs is 1. The normalized spacial score (nSPS) is 15.0. The summed E-state index contributed by atoms with van der Waals surface area (Å²) < 4.78 is 25.1. The summed E-state index contributed by atoms with van der Waals surface area (Å²) in [5.74, 6) is 0.436. The highest BCUT2D eigenvalue weighted by Crippen LogP contribution is 2.41. The number of nitrogens with zero attached hydrogens (tertiary/aromatic N) is 4. The van der Waals surface area contributed by atoms with Gasteiger partial charge in [-0.25, -0.2) is 19.2 Å². The summed E-state index contributed by atoms with van der Waals surface area (Å²) >= 11 is 1.56. The van der Waals surface area contributed by atoms with Gasteiger partial charge in [-0.2, -0.15) is 0 Å². The van der Waals surface area contributed by atoms with Crippen LogP contribution in [0.3, 0.4) is 0 Å². The van der Waals surface area contributed by atoms with Crippen LogP contribution in [0.5, 0.6) is 5.75 Å². The number of carbonyl (C=O) groups is 1. The molecule has 11 heteroatoms. The first-order valence-corrected chi connectivity index (χ1v) is 12.5. The van der Waals surface area contributed by atoms with E-state index < -0.39 is 0 Å². The summed E-state index contributed by atoms with van der Waals surface area (Å²) in [6.45, 7) is 5.35. The van der Waals surface area contributed by atoms with Crippen molar-refractivity contribution in [3.05, 3.63) is 47.0 Å². The molecule has 1 aliphatic rings. The van der Waals surface area contributed by atoms with E-state index in [1.54, 1.807) is 41.6 Å². The lowest BCUT2D eigenvalue weighted by atomic mass is 10.0. The number of aryl methyl sites for hydroxylation is 1. The molecule has 1 fully saturated rings. The minimum absolute atomic E-state index is 0.0768. The summed E-state index contributed by atoms with van der Waals surface area (Å²) in [5, 5.41) is 3.12. The van der Waals surface area contributed by atoms with Crippen molar-refractivity contribution in [3.8, 4) is 16.9 Å². The summed E-state index contributed by atoms with van der Waals surface area (Å²) in [6, 6.07) is 4.54. The van der Waals surface area contributed by atoms with Gasteiger partial charge in [-0.15, -0.1) is 11.3 Å². The summed E-state index contributed by atoms with van der Waals surface area (Å²) in [4.78, 5) is 28.4. The van der Waals surface area contributed by atoms with Crippen LogP contribution in [0.4, 0.5) is 15.1 Å². The van der Waals surface area contributed by atoms with Gasteiger partial charge in [-0.1, -0.05) is 0 Å². The van der Waals surface area contributed by atoms with Crippen molar-refractivity contribution in [2.24, 2.45) is 10.7 Å². The quantitative estimate of drug-likeness (QED) is 0.440. The summed E-state index contributed by atoms with van der Waals surface area (Å²) in [6.07, 6.45) is 6.03. The number of likely N-dealkylation sites (tertiary alicyclic amines) is 1. The number of rotatable bonds is 7. The number of benzene rings is 1. The molecule has 1 saturated heterocycles. The van der Waals surface area contributed by atoms with E-state index in [1.165, 1.54) is 25.4 Å². The predicted octanol–water partition coefficient (Wildman–Crippen LogP) is 4.72. The molecule has 3 N–H and O–H groups in total. The molecular formula is C25H29FN6O3S. The number of halogens is 1. The van der Waals surface area contributed by atoms with Gasteiger partial charge < -0.3 is 25.4 Å². The number of carbonyl (C=O) groups excluding carboxylic acids is 1. The van der Waals surface area contributed by atoms with Crippen molar-refractivity contribution in [3.63, 3.8) is 0 Å². The van der Waals surface area contributed by atoms with E-state index in [0.717, 1.165) is 39.1 Å². The molecule has 1 aromatic carbocycles. The van der Waals surface area contributed by atoms with E-state index in [2.05, 4.69) is 15.3 Å². The molecule has 36 heavy (non-hydrogen) atoms. The van der Waals surface area contributed by atoms with Crippen LogP contribution < -0.4 is 15.8 Å². The molecule has 4 rings (SSSR count). The molecule has 0 radical (unpaired) electrons. The molecule has 3 heterocycles. The number of hydrogen-bond acceptors (Lipinski definition) is 9. The first-order valence-electron chi connectivity index (χ1n) is 11.7. The largest absolute Gasteiger partial charge is 0.496 e. The van der Waals surface area contributed by atoms with Crippen molar-refractivity contribution in [1.82, 2.24) is 14.9 Å². The predicted molar refractivity (Wildman–Crippen MR) is 140 cm³/mol. The Kier molecular flexibility index (Phi) is 7.99. The van der Waals surface area contributed by atoms with Gasteiger partial charge in [0, 0.05) is 47.6 Å². The van der Waals surface area contributed by atoms with E-state index in [4.69, 9.17) is 20.2 Å². The SMILES string of the molecule is CCOC(=O)N1CCC(N=CC(=CN)Nc2ncc3sc(C)c(-c4ccc(F)cc4OC)c3n2)CC1. The zero-order chi connectivity index (χ0) is 25.7. The van der Waals surface area contributed by atoms with E-state index >= 15 is 0 Å². The minimum atomic E-state index is -0.367. The Morgan fingerprint density at radius 1 is 1.39 bits per heavy atom. The lowest BCUT2D eigenvalue weighted by molar-refractivity contribution is 0.0975. The average Bonchev–Trinajstić information content (AvgIpc) is 3.21. The fourth-order valence-corrected chi connectivity index (χ4v) is 5.09. The van der Waals surface area contributed by atoms with Gasteiger partial charge in [0.15, 0.2) is 0 Å². The molecular weight excluding hydrogens is 483 g/mol. The molecule has 1 aliphatic heterocycles. The van der Waals surface area contributed by atoms with Crippen molar-refractivity contribution in [2.45, 2.75) is 32.7 Å². The van der Waals surface area contributed by atoms with Crippen LogP contribution in [0, 0.1) is 12.7 Å². The third-order valence-corrected chi connectivity index (χ3v) is 6.92. The lowest BCUT2D eigenvalue weighted by Crippen LogP contribution is -2.40. The molecule has 190 valence electrons. The molecule has 1 amide bonds. The zero-order valence-corrected chi connectivity index (χ0v) is 21.3. The number of nitrogens with one attached hydrogen (secondary N) is 1. The number of methoxy groups -OCH3 is 1. The fraction of sp³-hybridized carbons (Fsp3) is 0.360. The third kappa shape index (κ3) is 5.56. The number of aliphatic imine (C=N–C) groups is 1. The molecule has 0 bridgehead atoms. The van der Waals surface area contributed by atoms with Gasteiger partial charge >= 0.3 is 6.09 Å². The third-order valence-electron chi connectivity index (χ3n) is 5.89. The second-order valence-corrected chi connectivity index (χ2v) is 9.48. The molecule has 3 aromatic rings. The number of allylic oxidation sites excluding steroid dienone is 1. The van der Waals surface area contributed by atoms with Crippen LogP contribution in [-0.4, -0.2) is 60.0 Å².